The van der Waals surface area contributed by atoms with Crippen molar-refractivity contribution in [2.45, 2.75) is 13.0 Å². The van der Waals surface area contributed by atoms with Crippen molar-refractivity contribution in [3.8, 4) is 6.07 Å². The first-order chi connectivity index (χ1) is 14.6. The number of nitrogens with zero attached hydrogens (tertiary/aromatic N) is 7. The zero-order chi connectivity index (χ0) is 20.9. The average Bonchev–Trinajstić information content (AvgIpc) is 3.18. The van der Waals surface area contributed by atoms with Crippen molar-refractivity contribution in [3.05, 3.63) is 47.9 Å². The highest BCUT2D eigenvalue weighted by atomic mass is 16.5. The van der Waals surface area contributed by atoms with Crippen LogP contribution in [0.5, 0.6) is 0 Å². The molecule has 10 heteroatoms. The van der Waals surface area contributed by atoms with Gasteiger partial charge in [0.25, 0.3) is 0 Å². The standard InChI is InChI=1S/C20H23N9O/c1-14(16-5-3-15(11-21)4-6-16)23-18-25-19(24-17-12-28(2)13-22-17)27-20(26-18)29-7-9-30-10-8-29/h3-6,12-14H,7-10H2,1-2H3,(H2,23,24,25,26,27)/t14-/m0/s1. The van der Waals surface area contributed by atoms with Gasteiger partial charge in [0.15, 0.2) is 5.82 Å². The van der Waals surface area contributed by atoms with Crippen LogP contribution in [-0.2, 0) is 11.8 Å². The molecule has 4 rings (SSSR count). The summed E-state index contributed by atoms with van der Waals surface area (Å²) in [5, 5.41) is 15.5. The Balaban J connectivity index is 1.59. The molecule has 1 atom stereocenters. The van der Waals surface area contributed by atoms with Crippen LogP contribution in [0.3, 0.4) is 0 Å². The van der Waals surface area contributed by atoms with Crippen LogP contribution in [-0.4, -0.2) is 50.8 Å². The first kappa shape index (κ1) is 19.6. The fraction of sp³-hybridized carbons (Fsp3) is 0.350. The molecule has 0 saturated carbocycles. The summed E-state index contributed by atoms with van der Waals surface area (Å²) < 4.78 is 7.29. The second kappa shape index (κ2) is 8.75. The second-order valence-electron chi connectivity index (χ2n) is 7.03. The number of rotatable bonds is 6. The lowest BCUT2D eigenvalue weighted by Gasteiger charge is -2.27. The Kier molecular flexibility index (Phi) is 5.72. The average molecular weight is 405 g/mol. The van der Waals surface area contributed by atoms with Gasteiger partial charge in [-0.2, -0.15) is 20.2 Å². The second-order valence-corrected chi connectivity index (χ2v) is 7.03. The fourth-order valence-electron chi connectivity index (χ4n) is 3.11. The third-order valence-corrected chi connectivity index (χ3v) is 4.75. The molecule has 2 N–H and O–H groups in total. The maximum atomic E-state index is 8.99. The largest absolute Gasteiger partial charge is 0.378 e. The Hall–Kier alpha value is -3.71. The molecule has 1 aliphatic heterocycles. The zero-order valence-corrected chi connectivity index (χ0v) is 16.9. The third-order valence-electron chi connectivity index (χ3n) is 4.75. The molecule has 2 aromatic heterocycles. The Bertz CT molecular complexity index is 1040. The maximum Gasteiger partial charge on any atom is 0.235 e. The Morgan fingerprint density at radius 1 is 1.10 bits per heavy atom. The van der Waals surface area contributed by atoms with Crippen LogP contribution in [0.15, 0.2) is 36.8 Å². The summed E-state index contributed by atoms with van der Waals surface area (Å²) in [5.41, 5.74) is 1.66. The number of aromatic nitrogens is 5. The Labute approximate surface area is 174 Å². The smallest absolute Gasteiger partial charge is 0.235 e. The highest BCUT2D eigenvalue weighted by molar-refractivity contribution is 5.52. The maximum absolute atomic E-state index is 8.99. The molecule has 1 fully saturated rings. The van der Waals surface area contributed by atoms with Gasteiger partial charge in [0, 0.05) is 26.3 Å². The molecule has 154 valence electrons. The minimum atomic E-state index is -0.0552. The van der Waals surface area contributed by atoms with Crippen LogP contribution in [0.1, 0.15) is 24.1 Å². The van der Waals surface area contributed by atoms with Gasteiger partial charge in [-0.15, -0.1) is 0 Å². The van der Waals surface area contributed by atoms with Crippen molar-refractivity contribution in [1.29, 1.82) is 5.26 Å². The van der Waals surface area contributed by atoms with Crippen LogP contribution in [0, 0.1) is 11.3 Å². The molecule has 0 bridgehead atoms. The SMILES string of the molecule is C[C@H](Nc1nc(Nc2cn(C)cn2)nc(N2CCOCC2)n1)c1ccc(C#N)cc1. The van der Waals surface area contributed by atoms with E-state index >= 15 is 0 Å². The van der Waals surface area contributed by atoms with Crippen LogP contribution in [0.4, 0.5) is 23.7 Å². The van der Waals surface area contributed by atoms with Gasteiger partial charge in [-0.25, -0.2) is 4.98 Å². The predicted octanol–water partition coefficient (Wildman–Crippen LogP) is 2.23. The first-order valence-electron chi connectivity index (χ1n) is 9.71. The molecule has 3 heterocycles. The van der Waals surface area contributed by atoms with Crippen LogP contribution in [0.25, 0.3) is 0 Å². The van der Waals surface area contributed by atoms with E-state index in [1.165, 1.54) is 0 Å². The van der Waals surface area contributed by atoms with E-state index in [0.717, 1.165) is 18.7 Å². The summed E-state index contributed by atoms with van der Waals surface area (Å²) in [4.78, 5) is 20.1. The number of imidazole rings is 1. The number of aryl methyl sites for hydroxylation is 1. The van der Waals surface area contributed by atoms with Gasteiger partial charge in [-0.3, -0.25) is 0 Å². The number of hydrogen-bond donors (Lipinski definition) is 2. The highest BCUT2D eigenvalue weighted by Crippen LogP contribution is 2.22. The Morgan fingerprint density at radius 3 is 2.50 bits per heavy atom. The number of anilines is 4. The van der Waals surface area contributed by atoms with Crippen LogP contribution in [0.2, 0.25) is 0 Å². The van der Waals surface area contributed by atoms with Crippen molar-refractivity contribution >= 4 is 23.7 Å². The Morgan fingerprint density at radius 2 is 1.83 bits per heavy atom. The minimum Gasteiger partial charge on any atom is -0.378 e. The van der Waals surface area contributed by atoms with Crippen LogP contribution < -0.4 is 15.5 Å². The number of nitriles is 1. The van der Waals surface area contributed by atoms with E-state index in [1.54, 1.807) is 18.5 Å². The number of benzene rings is 1. The summed E-state index contributed by atoms with van der Waals surface area (Å²) in [7, 11) is 1.90. The summed E-state index contributed by atoms with van der Waals surface area (Å²) in [6.07, 6.45) is 3.56. The highest BCUT2D eigenvalue weighted by Gasteiger charge is 2.18. The molecular weight excluding hydrogens is 382 g/mol. The molecule has 0 aliphatic carbocycles. The first-order valence-corrected chi connectivity index (χ1v) is 9.71. The van der Waals surface area contributed by atoms with E-state index in [9.17, 15) is 0 Å². The molecule has 1 saturated heterocycles. The predicted molar refractivity (Wildman–Crippen MR) is 113 cm³/mol. The van der Waals surface area contributed by atoms with Gasteiger partial charge in [0.2, 0.25) is 17.8 Å². The summed E-state index contributed by atoms with van der Waals surface area (Å²) in [6, 6.07) is 9.53. The van der Waals surface area contributed by atoms with Gasteiger partial charge < -0.3 is 24.8 Å². The van der Waals surface area contributed by atoms with Crippen molar-refractivity contribution in [3.63, 3.8) is 0 Å². The molecule has 1 aromatic carbocycles. The lowest BCUT2D eigenvalue weighted by Crippen LogP contribution is -2.37. The monoisotopic (exact) mass is 405 g/mol. The van der Waals surface area contributed by atoms with E-state index in [-0.39, 0.29) is 6.04 Å². The molecule has 0 spiro atoms. The fourth-order valence-corrected chi connectivity index (χ4v) is 3.11. The molecule has 0 amide bonds. The minimum absolute atomic E-state index is 0.0552. The molecule has 3 aromatic rings. The molecule has 1 aliphatic rings. The van der Waals surface area contributed by atoms with Crippen molar-refractivity contribution in [1.82, 2.24) is 24.5 Å². The molecular formula is C20H23N9O. The van der Waals surface area contributed by atoms with Gasteiger partial charge in [0.1, 0.15) is 0 Å². The van der Waals surface area contributed by atoms with Crippen LogP contribution >= 0.6 is 0 Å². The van der Waals surface area contributed by atoms with Gasteiger partial charge in [0.05, 0.1) is 37.2 Å². The summed E-state index contributed by atoms with van der Waals surface area (Å²) >= 11 is 0. The number of nitrogens with one attached hydrogen (secondary N) is 2. The summed E-state index contributed by atoms with van der Waals surface area (Å²) in [6.45, 7) is 4.74. The van der Waals surface area contributed by atoms with Crippen molar-refractivity contribution in [2.75, 3.05) is 41.8 Å². The topological polar surface area (TPSA) is 117 Å². The van der Waals surface area contributed by atoms with Gasteiger partial charge in [-0.1, -0.05) is 12.1 Å². The lowest BCUT2D eigenvalue weighted by molar-refractivity contribution is 0.122. The number of ether oxygens (including phenoxy) is 1. The third kappa shape index (κ3) is 4.64. The molecule has 10 nitrogen and oxygen atoms in total. The molecule has 0 unspecified atom stereocenters. The van der Waals surface area contributed by atoms with Gasteiger partial charge in [-0.05, 0) is 24.6 Å². The lowest BCUT2D eigenvalue weighted by atomic mass is 10.1. The zero-order valence-electron chi connectivity index (χ0n) is 16.9. The van der Waals surface area contributed by atoms with Crippen molar-refractivity contribution in [2.24, 2.45) is 7.05 Å². The number of morpholine rings is 1. The normalized spacial score (nSPS) is 14.8. The summed E-state index contributed by atoms with van der Waals surface area (Å²) in [5.74, 6) is 2.12. The number of hydrogen-bond acceptors (Lipinski definition) is 9. The molecule has 30 heavy (non-hydrogen) atoms. The quantitative estimate of drug-likeness (QED) is 0.636. The molecule has 0 radical (unpaired) electrons. The van der Waals surface area contributed by atoms with E-state index in [4.69, 9.17) is 10.00 Å². The van der Waals surface area contributed by atoms with E-state index in [1.807, 2.05) is 36.9 Å². The van der Waals surface area contributed by atoms with Crippen molar-refractivity contribution < 1.29 is 4.74 Å². The van der Waals surface area contributed by atoms with E-state index < -0.39 is 0 Å². The van der Waals surface area contributed by atoms with E-state index in [2.05, 4.69) is 41.5 Å². The van der Waals surface area contributed by atoms with Gasteiger partial charge >= 0.3 is 0 Å². The van der Waals surface area contributed by atoms with E-state index in [0.29, 0.717) is 42.4 Å².